The summed E-state index contributed by atoms with van der Waals surface area (Å²) in [5.41, 5.74) is 0. The number of H-pyrrole nitrogens is 1. The Hall–Kier alpha value is -1.21. The van der Waals surface area contributed by atoms with Crippen LogP contribution in [0.2, 0.25) is 0 Å². The van der Waals surface area contributed by atoms with Gasteiger partial charge in [-0.25, -0.2) is 0 Å². The lowest BCUT2D eigenvalue weighted by Crippen LogP contribution is -2.40. The normalized spacial score (nSPS) is 15.7. The van der Waals surface area contributed by atoms with E-state index < -0.39 is 24.9 Å². The molecule has 0 aliphatic rings. The van der Waals surface area contributed by atoms with E-state index in [4.69, 9.17) is 20.4 Å². The number of carbonyl (C=O) groups is 1. The first-order valence-electron chi connectivity index (χ1n) is 4.31. The molecule has 1 rings (SSSR count). The number of aliphatic hydroxyl groups excluding tert-OH is 4. The summed E-state index contributed by atoms with van der Waals surface area (Å²) in [6, 6.07) is 3.89. The average Bonchev–Trinajstić information content (AvgIpc) is 2.84. The number of aromatic nitrogens is 1. The predicted molar refractivity (Wildman–Crippen MR) is 52.0 cm³/mol. The van der Waals surface area contributed by atoms with E-state index >= 15 is 0 Å². The highest BCUT2D eigenvalue weighted by molar-refractivity contribution is 5.56. The van der Waals surface area contributed by atoms with Crippen molar-refractivity contribution in [1.29, 1.82) is 0 Å². The number of carbonyl (C=O) groups excluding carboxylic acids is 1. The summed E-state index contributed by atoms with van der Waals surface area (Å²) in [6.45, 7) is -0.688. The Kier molecular flexibility index (Phi) is 7.47. The Morgan fingerprint density at radius 1 is 1.20 bits per heavy atom. The minimum atomic E-state index is -1.64. The maximum Gasteiger partial charge on any atom is 0.151 e. The Balaban J connectivity index is 0.000000322. The van der Waals surface area contributed by atoms with Gasteiger partial charge in [0, 0.05) is 12.4 Å². The van der Waals surface area contributed by atoms with Crippen LogP contribution in [0.1, 0.15) is 0 Å². The lowest BCUT2D eigenvalue weighted by molar-refractivity contribution is -0.127. The van der Waals surface area contributed by atoms with Crippen molar-refractivity contribution in [2.45, 2.75) is 18.3 Å². The molecule has 1 aromatic heterocycles. The van der Waals surface area contributed by atoms with Crippen LogP contribution in [0.5, 0.6) is 0 Å². The molecule has 0 saturated heterocycles. The lowest BCUT2D eigenvalue weighted by Gasteiger charge is -2.16. The van der Waals surface area contributed by atoms with Crippen LogP contribution in [0.3, 0.4) is 0 Å². The maximum atomic E-state index is 9.76. The van der Waals surface area contributed by atoms with Crippen molar-refractivity contribution in [2.24, 2.45) is 0 Å². The second kappa shape index (κ2) is 8.13. The summed E-state index contributed by atoms with van der Waals surface area (Å²) in [4.78, 5) is 12.6. The molecule has 0 spiro atoms. The molecule has 0 radical (unpaired) electrons. The van der Waals surface area contributed by atoms with Gasteiger partial charge in [-0.1, -0.05) is 0 Å². The van der Waals surface area contributed by atoms with Crippen molar-refractivity contribution in [2.75, 3.05) is 6.61 Å². The van der Waals surface area contributed by atoms with Gasteiger partial charge < -0.3 is 30.2 Å². The first kappa shape index (κ1) is 13.8. The van der Waals surface area contributed by atoms with Crippen molar-refractivity contribution >= 4 is 6.29 Å². The number of aldehydes is 1. The molecule has 86 valence electrons. The van der Waals surface area contributed by atoms with Crippen molar-refractivity contribution in [1.82, 2.24) is 4.98 Å². The van der Waals surface area contributed by atoms with Gasteiger partial charge in [0.25, 0.3) is 0 Å². The van der Waals surface area contributed by atoms with Gasteiger partial charge in [0.2, 0.25) is 0 Å². The van der Waals surface area contributed by atoms with Crippen LogP contribution < -0.4 is 0 Å². The Bertz CT molecular complexity index is 221. The van der Waals surface area contributed by atoms with Crippen LogP contribution in [0.4, 0.5) is 0 Å². The molecule has 0 amide bonds. The maximum absolute atomic E-state index is 9.76. The van der Waals surface area contributed by atoms with E-state index in [1.807, 2.05) is 24.5 Å². The minimum absolute atomic E-state index is 0.0869. The van der Waals surface area contributed by atoms with E-state index in [1.54, 1.807) is 0 Å². The van der Waals surface area contributed by atoms with Crippen molar-refractivity contribution < 1.29 is 25.2 Å². The van der Waals surface area contributed by atoms with Crippen molar-refractivity contribution in [3.05, 3.63) is 24.5 Å². The summed E-state index contributed by atoms with van der Waals surface area (Å²) in [7, 11) is 0. The molecule has 1 heterocycles. The highest BCUT2D eigenvalue weighted by Crippen LogP contribution is 1.96. The number of aromatic amines is 1. The van der Waals surface area contributed by atoms with E-state index in [0.29, 0.717) is 0 Å². The van der Waals surface area contributed by atoms with Crippen LogP contribution >= 0.6 is 0 Å². The monoisotopic (exact) mass is 217 g/mol. The van der Waals surface area contributed by atoms with Gasteiger partial charge in [0.15, 0.2) is 6.29 Å². The largest absolute Gasteiger partial charge is 0.394 e. The molecule has 6 nitrogen and oxygen atoms in total. The standard InChI is InChI=1S/C5H10O5.C4H5N/c6-1-3(8)5(10)4(9)2-7;1-2-4-5-3-1/h1,3-5,7-10H,2H2;1-5H. The third-order valence-electron chi connectivity index (χ3n) is 1.57. The fraction of sp³-hybridized carbons (Fsp3) is 0.444. The summed E-state index contributed by atoms with van der Waals surface area (Å²) in [5.74, 6) is 0. The van der Waals surface area contributed by atoms with Gasteiger partial charge in [-0.2, -0.15) is 0 Å². The summed E-state index contributed by atoms with van der Waals surface area (Å²) in [6.07, 6.45) is -0.881. The number of rotatable bonds is 4. The molecular formula is C9H15NO5. The minimum Gasteiger partial charge on any atom is -0.394 e. The van der Waals surface area contributed by atoms with Crippen LogP contribution in [0.15, 0.2) is 24.5 Å². The molecule has 0 bridgehead atoms. The van der Waals surface area contributed by atoms with Gasteiger partial charge in [-0.15, -0.1) is 0 Å². The molecule has 1 aromatic rings. The molecule has 15 heavy (non-hydrogen) atoms. The van der Waals surface area contributed by atoms with E-state index in [9.17, 15) is 4.79 Å². The van der Waals surface area contributed by atoms with Crippen molar-refractivity contribution in [3.8, 4) is 0 Å². The zero-order valence-corrected chi connectivity index (χ0v) is 8.02. The topological polar surface area (TPSA) is 114 Å². The second-order valence-electron chi connectivity index (χ2n) is 2.75. The van der Waals surface area contributed by atoms with Crippen molar-refractivity contribution in [3.63, 3.8) is 0 Å². The van der Waals surface area contributed by atoms with E-state index in [1.165, 1.54) is 0 Å². The number of aliphatic hydroxyl groups is 4. The highest BCUT2D eigenvalue weighted by atomic mass is 16.4. The average molecular weight is 217 g/mol. The fourth-order valence-electron chi connectivity index (χ4n) is 0.694. The SMILES string of the molecule is O=CC(O)C(O)C(O)CO.c1cc[nH]c1. The predicted octanol–water partition coefficient (Wildman–Crippen LogP) is -1.72. The van der Waals surface area contributed by atoms with E-state index in [2.05, 4.69) is 4.98 Å². The summed E-state index contributed by atoms with van der Waals surface area (Å²) >= 11 is 0. The number of hydrogen-bond donors (Lipinski definition) is 5. The molecule has 0 aliphatic heterocycles. The lowest BCUT2D eigenvalue weighted by atomic mass is 10.1. The second-order valence-corrected chi connectivity index (χ2v) is 2.75. The quantitative estimate of drug-likeness (QED) is 0.385. The van der Waals surface area contributed by atoms with E-state index in [0.717, 1.165) is 0 Å². The third-order valence-corrected chi connectivity index (χ3v) is 1.57. The summed E-state index contributed by atoms with van der Waals surface area (Å²) in [5, 5.41) is 34.1. The Morgan fingerprint density at radius 2 is 1.73 bits per heavy atom. The van der Waals surface area contributed by atoms with Crippen LogP contribution in [0, 0.1) is 0 Å². The molecule has 0 fully saturated rings. The van der Waals surface area contributed by atoms with Crippen LogP contribution in [-0.2, 0) is 4.79 Å². The first-order valence-corrected chi connectivity index (χ1v) is 4.31. The number of nitrogens with one attached hydrogen (secondary N) is 1. The Labute approximate surface area is 86.8 Å². The third kappa shape index (κ3) is 5.97. The van der Waals surface area contributed by atoms with Crippen LogP contribution in [-0.4, -0.2) is 56.6 Å². The van der Waals surface area contributed by atoms with Gasteiger partial charge in [0.1, 0.15) is 18.3 Å². The smallest absolute Gasteiger partial charge is 0.151 e. The molecule has 6 heteroatoms. The zero-order valence-electron chi connectivity index (χ0n) is 8.02. The molecule has 0 aromatic carbocycles. The molecule has 0 aliphatic carbocycles. The molecule has 3 unspecified atom stereocenters. The molecular weight excluding hydrogens is 202 g/mol. The van der Waals surface area contributed by atoms with Gasteiger partial charge in [-0.3, -0.25) is 0 Å². The molecule has 0 saturated carbocycles. The zero-order chi connectivity index (χ0) is 11.7. The van der Waals surface area contributed by atoms with Gasteiger partial charge >= 0.3 is 0 Å². The van der Waals surface area contributed by atoms with Crippen LogP contribution in [0.25, 0.3) is 0 Å². The van der Waals surface area contributed by atoms with Gasteiger partial charge in [-0.05, 0) is 12.1 Å². The highest BCUT2D eigenvalue weighted by Gasteiger charge is 2.22. The van der Waals surface area contributed by atoms with E-state index in [-0.39, 0.29) is 6.29 Å². The molecule has 5 N–H and O–H groups in total. The van der Waals surface area contributed by atoms with Gasteiger partial charge in [0.05, 0.1) is 6.61 Å². The number of hydrogen-bond acceptors (Lipinski definition) is 5. The fourth-order valence-corrected chi connectivity index (χ4v) is 0.694. The molecule has 3 atom stereocenters. The first-order chi connectivity index (χ1) is 7.13. The Morgan fingerprint density at radius 3 is 2.00 bits per heavy atom. The summed E-state index contributed by atoms with van der Waals surface area (Å²) < 4.78 is 0.